The Labute approximate surface area is 98.3 Å². The number of aryl methyl sites for hydroxylation is 1. The molecule has 1 N–H and O–H groups in total. The van der Waals surface area contributed by atoms with Gasteiger partial charge in [0.2, 0.25) is 0 Å². The van der Waals surface area contributed by atoms with Gasteiger partial charge in [-0.25, -0.2) is 0 Å². The minimum atomic E-state index is -0.273. The number of rotatable bonds is 5. The Bertz CT molecular complexity index is 332. The smallest absolute Gasteiger partial charge is 0.122 e. The first-order chi connectivity index (χ1) is 7.52. The van der Waals surface area contributed by atoms with Gasteiger partial charge in [-0.2, -0.15) is 0 Å². The molecule has 0 fully saturated rings. The van der Waals surface area contributed by atoms with E-state index in [1.165, 1.54) is 11.1 Å². The average molecular weight is 222 g/mol. The van der Waals surface area contributed by atoms with E-state index < -0.39 is 0 Å². The van der Waals surface area contributed by atoms with Crippen molar-refractivity contribution in [2.45, 2.75) is 40.2 Å². The van der Waals surface area contributed by atoms with Crippen molar-refractivity contribution < 1.29 is 9.84 Å². The first kappa shape index (κ1) is 13.0. The Hall–Kier alpha value is -1.02. The molecule has 0 amide bonds. The summed E-state index contributed by atoms with van der Waals surface area (Å²) in [6.07, 6.45) is 0.413. The predicted molar refractivity (Wildman–Crippen MR) is 66.9 cm³/mol. The zero-order chi connectivity index (χ0) is 12.1. The van der Waals surface area contributed by atoms with Gasteiger partial charge in [0.25, 0.3) is 0 Å². The van der Waals surface area contributed by atoms with Crippen molar-refractivity contribution in [3.63, 3.8) is 0 Å². The Morgan fingerprint density at radius 3 is 2.56 bits per heavy atom. The van der Waals surface area contributed by atoms with E-state index in [1.807, 2.05) is 26.0 Å². The molecular weight excluding hydrogens is 200 g/mol. The summed E-state index contributed by atoms with van der Waals surface area (Å²) in [4.78, 5) is 0. The largest absolute Gasteiger partial charge is 0.493 e. The Balaban J connectivity index is 2.46. The molecule has 0 aliphatic carbocycles. The third kappa shape index (κ3) is 3.53. The third-order valence-corrected chi connectivity index (χ3v) is 3.00. The highest BCUT2D eigenvalue weighted by Gasteiger charge is 2.09. The first-order valence-electron chi connectivity index (χ1n) is 5.89. The van der Waals surface area contributed by atoms with Gasteiger partial charge in [-0.1, -0.05) is 26.0 Å². The van der Waals surface area contributed by atoms with Gasteiger partial charge < -0.3 is 9.84 Å². The second-order valence-corrected chi connectivity index (χ2v) is 4.65. The van der Waals surface area contributed by atoms with Crippen LogP contribution in [0.3, 0.4) is 0 Å². The zero-order valence-electron chi connectivity index (χ0n) is 10.7. The van der Waals surface area contributed by atoms with Crippen LogP contribution in [0.5, 0.6) is 5.75 Å². The summed E-state index contributed by atoms with van der Waals surface area (Å²) in [6.45, 7) is 8.74. The van der Waals surface area contributed by atoms with E-state index in [2.05, 4.69) is 19.9 Å². The topological polar surface area (TPSA) is 29.5 Å². The second kappa shape index (κ2) is 5.90. The van der Waals surface area contributed by atoms with E-state index in [0.717, 1.165) is 5.75 Å². The summed E-state index contributed by atoms with van der Waals surface area (Å²) in [5, 5.41) is 9.65. The molecule has 0 saturated carbocycles. The highest BCUT2D eigenvalue weighted by Crippen LogP contribution is 2.21. The molecule has 0 spiro atoms. The van der Waals surface area contributed by atoms with Gasteiger partial charge in [-0.05, 0) is 37.0 Å². The lowest BCUT2D eigenvalue weighted by atomic mass is 10.1. The minimum absolute atomic E-state index is 0.273. The van der Waals surface area contributed by atoms with Gasteiger partial charge in [0.1, 0.15) is 5.75 Å². The van der Waals surface area contributed by atoms with Gasteiger partial charge in [0.05, 0.1) is 12.7 Å². The van der Waals surface area contributed by atoms with Crippen LogP contribution in [0.4, 0.5) is 0 Å². The van der Waals surface area contributed by atoms with E-state index in [4.69, 9.17) is 4.74 Å². The monoisotopic (exact) mass is 222 g/mol. The summed E-state index contributed by atoms with van der Waals surface area (Å²) in [5.74, 6) is 1.22. The molecule has 1 unspecified atom stereocenters. The summed E-state index contributed by atoms with van der Waals surface area (Å²) in [6, 6.07) is 6.05. The van der Waals surface area contributed by atoms with E-state index in [9.17, 15) is 5.11 Å². The molecule has 0 aliphatic heterocycles. The van der Waals surface area contributed by atoms with E-state index in [1.54, 1.807) is 0 Å². The lowest BCUT2D eigenvalue weighted by Crippen LogP contribution is -2.18. The third-order valence-electron chi connectivity index (χ3n) is 3.00. The molecule has 0 radical (unpaired) electrons. The number of hydrogen-bond acceptors (Lipinski definition) is 2. The van der Waals surface area contributed by atoms with E-state index in [-0.39, 0.29) is 6.10 Å². The maximum atomic E-state index is 9.65. The molecule has 16 heavy (non-hydrogen) atoms. The van der Waals surface area contributed by atoms with Crippen LogP contribution >= 0.6 is 0 Å². The quantitative estimate of drug-likeness (QED) is 0.829. The van der Waals surface area contributed by atoms with Crippen LogP contribution in [0.1, 0.15) is 31.4 Å². The molecule has 0 aliphatic rings. The van der Waals surface area contributed by atoms with Crippen molar-refractivity contribution in [1.82, 2.24) is 0 Å². The summed E-state index contributed by atoms with van der Waals surface area (Å²) in [7, 11) is 0. The van der Waals surface area contributed by atoms with Gasteiger partial charge in [-0.15, -0.1) is 0 Å². The Morgan fingerprint density at radius 2 is 1.94 bits per heavy atom. The number of hydrogen-bond donors (Lipinski definition) is 1. The van der Waals surface area contributed by atoms with Crippen molar-refractivity contribution in [3.05, 3.63) is 29.3 Å². The van der Waals surface area contributed by atoms with Crippen LogP contribution in [0.25, 0.3) is 0 Å². The molecule has 90 valence electrons. The molecule has 0 saturated heterocycles. The van der Waals surface area contributed by atoms with Crippen molar-refractivity contribution in [2.75, 3.05) is 6.61 Å². The fourth-order valence-corrected chi connectivity index (χ4v) is 1.50. The summed E-state index contributed by atoms with van der Waals surface area (Å²) in [5.41, 5.74) is 2.42. The van der Waals surface area contributed by atoms with Crippen molar-refractivity contribution >= 4 is 0 Å². The fraction of sp³-hybridized carbons (Fsp3) is 0.571. The number of aliphatic hydroxyl groups is 1. The highest BCUT2D eigenvalue weighted by molar-refractivity contribution is 5.38. The molecule has 1 aromatic carbocycles. The number of benzene rings is 1. The summed E-state index contributed by atoms with van der Waals surface area (Å²) < 4.78 is 5.68. The van der Waals surface area contributed by atoms with Crippen molar-refractivity contribution in [3.8, 4) is 5.75 Å². The zero-order valence-corrected chi connectivity index (χ0v) is 10.7. The van der Waals surface area contributed by atoms with Crippen LogP contribution in [0.15, 0.2) is 18.2 Å². The van der Waals surface area contributed by atoms with Crippen molar-refractivity contribution in [1.29, 1.82) is 0 Å². The van der Waals surface area contributed by atoms with Crippen LogP contribution in [-0.4, -0.2) is 17.8 Å². The number of aliphatic hydroxyl groups excluding tert-OH is 1. The molecule has 2 nitrogen and oxygen atoms in total. The van der Waals surface area contributed by atoms with E-state index >= 15 is 0 Å². The molecule has 1 atom stereocenters. The average Bonchev–Trinajstić information content (AvgIpc) is 2.24. The minimum Gasteiger partial charge on any atom is -0.493 e. The SMILES string of the molecule is Cc1cccc(OCCC(O)C(C)C)c1C. The lowest BCUT2D eigenvalue weighted by Gasteiger charge is -2.16. The molecule has 0 bridgehead atoms. The molecule has 1 aromatic rings. The molecular formula is C14H22O2. The molecule has 1 rings (SSSR count). The van der Waals surface area contributed by atoms with Crippen LogP contribution in [0, 0.1) is 19.8 Å². The summed E-state index contributed by atoms with van der Waals surface area (Å²) >= 11 is 0. The predicted octanol–water partition coefficient (Wildman–Crippen LogP) is 3.09. The maximum absolute atomic E-state index is 9.65. The van der Waals surface area contributed by atoms with Gasteiger partial charge in [0.15, 0.2) is 0 Å². The van der Waals surface area contributed by atoms with E-state index in [0.29, 0.717) is 18.9 Å². The van der Waals surface area contributed by atoms with Crippen molar-refractivity contribution in [2.24, 2.45) is 5.92 Å². The second-order valence-electron chi connectivity index (χ2n) is 4.65. The highest BCUT2D eigenvalue weighted by atomic mass is 16.5. The normalized spacial score (nSPS) is 12.9. The maximum Gasteiger partial charge on any atom is 0.122 e. The number of ether oxygens (including phenoxy) is 1. The fourth-order valence-electron chi connectivity index (χ4n) is 1.50. The molecule has 0 aromatic heterocycles. The van der Waals surface area contributed by atoms with Gasteiger partial charge in [-0.3, -0.25) is 0 Å². The van der Waals surface area contributed by atoms with Crippen LogP contribution in [0.2, 0.25) is 0 Å². The Kier molecular flexibility index (Phi) is 4.81. The van der Waals surface area contributed by atoms with Gasteiger partial charge >= 0.3 is 0 Å². The van der Waals surface area contributed by atoms with Crippen LogP contribution < -0.4 is 4.74 Å². The standard InChI is InChI=1S/C14H22O2/c1-10(2)13(15)8-9-16-14-7-5-6-11(3)12(14)4/h5-7,10,13,15H,8-9H2,1-4H3. The van der Waals surface area contributed by atoms with Crippen LogP contribution in [-0.2, 0) is 0 Å². The first-order valence-corrected chi connectivity index (χ1v) is 5.89. The van der Waals surface area contributed by atoms with Gasteiger partial charge in [0, 0.05) is 6.42 Å². The Morgan fingerprint density at radius 1 is 1.25 bits per heavy atom. The molecule has 0 heterocycles. The lowest BCUT2D eigenvalue weighted by molar-refractivity contribution is 0.0975. The molecule has 2 heteroatoms.